The van der Waals surface area contributed by atoms with E-state index in [1.165, 1.54) is 19.2 Å². The minimum atomic E-state index is -0.759. The fraction of sp³-hybridized carbons (Fsp3) is 0.341. The highest BCUT2D eigenvalue weighted by Crippen LogP contribution is 2.29. The van der Waals surface area contributed by atoms with Gasteiger partial charge in [0, 0.05) is 50.4 Å². The van der Waals surface area contributed by atoms with Crippen LogP contribution in [0.1, 0.15) is 55.8 Å². The first kappa shape index (κ1) is 41.5. The molecule has 0 aliphatic rings. The van der Waals surface area contributed by atoms with E-state index >= 15 is 0 Å². The maximum absolute atomic E-state index is 14.3. The predicted octanol–water partition coefficient (Wildman–Crippen LogP) is 7.62. The van der Waals surface area contributed by atoms with E-state index in [0.717, 1.165) is 39.6 Å². The summed E-state index contributed by atoms with van der Waals surface area (Å²) in [7, 11) is 2.87. The van der Waals surface area contributed by atoms with Gasteiger partial charge in [-0.3, -0.25) is 14.5 Å². The Morgan fingerprint density at radius 2 is 1.34 bits per heavy atom. The number of benzene rings is 4. The summed E-state index contributed by atoms with van der Waals surface area (Å²) in [6.45, 7) is 2.98. The lowest BCUT2D eigenvalue weighted by molar-refractivity contribution is -0.142. The van der Waals surface area contributed by atoms with E-state index in [0.29, 0.717) is 48.4 Å². The first-order valence-corrected chi connectivity index (χ1v) is 20.0. The zero-order valence-electron chi connectivity index (χ0n) is 30.7. The van der Waals surface area contributed by atoms with E-state index in [2.05, 4.69) is 10.6 Å². The number of amides is 2. The molecule has 4 aromatic carbocycles. The van der Waals surface area contributed by atoms with Gasteiger partial charge in [0.15, 0.2) is 0 Å². The summed E-state index contributed by atoms with van der Waals surface area (Å²) in [6, 6.07) is 23.3. The predicted molar refractivity (Wildman–Crippen MR) is 210 cm³/mol. The molecule has 0 fully saturated rings. The first-order valence-electron chi connectivity index (χ1n) is 17.2. The average Bonchev–Trinajstić information content (AvgIpc) is 3.14. The Kier molecular flexibility index (Phi) is 16.3. The molecule has 2 atom stereocenters. The van der Waals surface area contributed by atoms with Crippen molar-refractivity contribution in [3.8, 4) is 11.1 Å². The van der Waals surface area contributed by atoms with E-state index in [9.17, 15) is 23.2 Å². The van der Waals surface area contributed by atoms with Crippen molar-refractivity contribution in [1.29, 1.82) is 0 Å². The van der Waals surface area contributed by atoms with Crippen molar-refractivity contribution in [2.75, 3.05) is 38.2 Å². The van der Waals surface area contributed by atoms with Crippen LogP contribution in [0.25, 0.3) is 11.1 Å². The normalized spacial score (nSPS) is 12.3. The van der Waals surface area contributed by atoms with Crippen LogP contribution in [0.4, 0.5) is 8.78 Å². The highest BCUT2D eigenvalue weighted by atomic mass is 32.2. The molecule has 0 heterocycles. The first-order chi connectivity index (χ1) is 25.5. The molecule has 0 aliphatic carbocycles. The molecule has 0 spiro atoms. The molecule has 0 radical (unpaired) electrons. The number of rotatable bonds is 19. The molecular formula is C41H47F2N3O5S2. The third-order valence-corrected chi connectivity index (χ3v) is 9.97. The molecule has 0 saturated heterocycles. The lowest BCUT2D eigenvalue weighted by atomic mass is 9.93. The molecule has 12 heteroatoms. The molecule has 4 aromatic rings. The summed E-state index contributed by atoms with van der Waals surface area (Å²) < 4.78 is 39.0. The van der Waals surface area contributed by atoms with Gasteiger partial charge in [-0.1, -0.05) is 42.5 Å². The van der Waals surface area contributed by atoms with Crippen LogP contribution >= 0.6 is 23.5 Å². The third-order valence-electron chi connectivity index (χ3n) is 8.68. The van der Waals surface area contributed by atoms with Gasteiger partial charge in [0.1, 0.15) is 23.9 Å². The van der Waals surface area contributed by atoms with E-state index in [1.54, 1.807) is 42.8 Å². The molecule has 8 nitrogen and oxygen atoms in total. The fourth-order valence-corrected chi connectivity index (χ4v) is 6.88. The number of nitrogens with zero attached hydrogens (tertiary/aromatic N) is 1. The summed E-state index contributed by atoms with van der Waals surface area (Å²) in [5.41, 5.74) is 5.76. The van der Waals surface area contributed by atoms with Crippen LogP contribution < -0.4 is 10.6 Å². The highest BCUT2D eigenvalue weighted by Gasteiger charge is 2.23. The Morgan fingerprint density at radius 1 is 0.717 bits per heavy atom. The van der Waals surface area contributed by atoms with Crippen molar-refractivity contribution in [3.05, 3.63) is 130 Å². The Labute approximate surface area is 319 Å². The van der Waals surface area contributed by atoms with E-state index < -0.39 is 35.8 Å². The second-order valence-corrected chi connectivity index (χ2v) is 14.6. The summed E-state index contributed by atoms with van der Waals surface area (Å²) in [5.74, 6) is -0.964. The van der Waals surface area contributed by atoms with E-state index in [1.807, 2.05) is 78.9 Å². The van der Waals surface area contributed by atoms with Crippen molar-refractivity contribution < 1.29 is 32.6 Å². The maximum atomic E-state index is 14.3. The zero-order chi connectivity index (χ0) is 38.3. The highest BCUT2D eigenvalue weighted by molar-refractivity contribution is 7.98. The molecule has 2 amide bonds. The number of hydrogen-bond acceptors (Lipinski definition) is 8. The number of halogens is 2. The minimum Gasteiger partial charge on any atom is -0.467 e. The standard InChI is InChI=1S/C41H47F2N3O5S2/c1-27-8-6-7-9-34(27)36-22-29(12-15-35(36)40(48)45-38(50-2)17-19-53-5)25-46(26-30-20-32(42)23-33(43)21-30)24-28-10-13-31(14-11-28)39(47)44-37(16-18-52-4)41(49)51-3/h6-15,20-23,37-38H,16-19,24-26H2,1-5H3,(H,44,47)(H,45,48)/t37-,38+/m0/s1. The molecule has 4 rings (SSSR count). The number of nitrogens with one attached hydrogen (secondary N) is 2. The quantitative estimate of drug-likeness (QED) is 0.0745. The van der Waals surface area contributed by atoms with Crippen LogP contribution in [0, 0.1) is 18.6 Å². The third kappa shape index (κ3) is 12.4. The number of carbonyl (C=O) groups excluding carboxylic acids is 3. The van der Waals surface area contributed by atoms with Gasteiger partial charge in [-0.15, -0.1) is 0 Å². The van der Waals surface area contributed by atoms with Crippen molar-refractivity contribution in [3.63, 3.8) is 0 Å². The number of methoxy groups -OCH3 is 2. The van der Waals surface area contributed by atoms with Crippen molar-refractivity contribution in [2.45, 2.75) is 51.7 Å². The van der Waals surface area contributed by atoms with E-state index in [-0.39, 0.29) is 12.5 Å². The van der Waals surface area contributed by atoms with Gasteiger partial charge >= 0.3 is 5.97 Å². The Bertz CT molecular complexity index is 1820. The van der Waals surface area contributed by atoms with Crippen molar-refractivity contribution in [1.82, 2.24) is 15.5 Å². The topological polar surface area (TPSA) is 97.0 Å². The largest absolute Gasteiger partial charge is 0.467 e. The molecule has 0 aliphatic heterocycles. The molecule has 53 heavy (non-hydrogen) atoms. The van der Waals surface area contributed by atoms with Gasteiger partial charge in [0.25, 0.3) is 11.8 Å². The molecular weight excluding hydrogens is 717 g/mol. The number of hydrogen-bond donors (Lipinski definition) is 2. The van der Waals surface area contributed by atoms with Gasteiger partial charge in [0.05, 0.1) is 7.11 Å². The number of thioether (sulfide) groups is 2. The second kappa shape index (κ2) is 20.9. The van der Waals surface area contributed by atoms with Crippen LogP contribution in [-0.4, -0.2) is 73.2 Å². The van der Waals surface area contributed by atoms with Crippen LogP contribution in [0.3, 0.4) is 0 Å². The monoisotopic (exact) mass is 763 g/mol. The molecule has 282 valence electrons. The van der Waals surface area contributed by atoms with Crippen molar-refractivity contribution >= 4 is 41.3 Å². The van der Waals surface area contributed by atoms with Crippen LogP contribution in [0.5, 0.6) is 0 Å². The lowest BCUT2D eigenvalue weighted by Crippen LogP contribution is -2.41. The second-order valence-electron chi connectivity index (χ2n) is 12.6. The Balaban J connectivity index is 1.63. The molecule has 0 unspecified atom stereocenters. The number of carbonyl (C=O) groups is 3. The summed E-state index contributed by atoms with van der Waals surface area (Å²) in [4.78, 5) is 41.0. The van der Waals surface area contributed by atoms with E-state index in [4.69, 9.17) is 9.47 Å². The van der Waals surface area contributed by atoms with Crippen LogP contribution in [0.15, 0.2) is 84.9 Å². The molecule has 0 bridgehead atoms. The Hall–Kier alpha value is -4.23. The summed E-state index contributed by atoms with van der Waals surface area (Å²) in [6.07, 6.45) is 4.59. The van der Waals surface area contributed by atoms with Crippen LogP contribution in [0.2, 0.25) is 0 Å². The number of aryl methyl sites for hydroxylation is 1. The SMILES string of the molecule is COC(=O)[C@H](CCSC)NC(=O)c1ccc(CN(Cc2cc(F)cc(F)c2)Cc2ccc(C(=O)N[C@@H](CCSC)OC)c(-c3ccccc3C)c2)cc1. The smallest absolute Gasteiger partial charge is 0.328 e. The van der Waals surface area contributed by atoms with Crippen LogP contribution in [-0.2, 0) is 33.9 Å². The van der Waals surface area contributed by atoms with Gasteiger partial charge in [0.2, 0.25) is 0 Å². The average molecular weight is 764 g/mol. The minimum absolute atomic E-state index is 0.222. The molecule has 0 aromatic heterocycles. The summed E-state index contributed by atoms with van der Waals surface area (Å²) in [5, 5.41) is 5.78. The molecule has 2 N–H and O–H groups in total. The summed E-state index contributed by atoms with van der Waals surface area (Å²) >= 11 is 3.25. The Morgan fingerprint density at radius 3 is 1.98 bits per heavy atom. The zero-order valence-corrected chi connectivity index (χ0v) is 32.4. The van der Waals surface area contributed by atoms with Crippen molar-refractivity contribution in [2.24, 2.45) is 0 Å². The number of esters is 1. The van der Waals surface area contributed by atoms with Gasteiger partial charge in [-0.2, -0.15) is 23.5 Å². The van der Waals surface area contributed by atoms with Gasteiger partial charge < -0.3 is 20.1 Å². The maximum Gasteiger partial charge on any atom is 0.328 e. The molecule has 0 saturated carbocycles. The van der Waals surface area contributed by atoms with Gasteiger partial charge in [-0.05, 0) is 107 Å². The number of ether oxygens (including phenoxy) is 2. The fourth-order valence-electron chi connectivity index (χ4n) is 5.96. The van der Waals surface area contributed by atoms with Gasteiger partial charge in [-0.25, -0.2) is 13.6 Å². The lowest BCUT2D eigenvalue weighted by Gasteiger charge is -2.24.